The van der Waals surface area contributed by atoms with Crippen molar-refractivity contribution in [3.05, 3.63) is 0 Å². The zero-order valence-corrected chi connectivity index (χ0v) is 23.4. The Bertz CT molecular complexity index is 357. The summed E-state index contributed by atoms with van der Waals surface area (Å²) in [6, 6.07) is 2.54. The van der Waals surface area contributed by atoms with Gasteiger partial charge < -0.3 is 19.1 Å². The zero-order chi connectivity index (χ0) is 23.0. The molecule has 0 amide bonds. The molecule has 5 heteroatoms. The third-order valence-electron chi connectivity index (χ3n) is 7.55. The maximum absolute atomic E-state index is 6.51. The van der Waals surface area contributed by atoms with Gasteiger partial charge in [-0.05, 0) is 109 Å². The van der Waals surface area contributed by atoms with E-state index in [0.717, 1.165) is 45.9 Å². The van der Waals surface area contributed by atoms with Gasteiger partial charge >= 0.3 is 0 Å². The fourth-order valence-electron chi connectivity index (χ4n) is 4.87. The van der Waals surface area contributed by atoms with Gasteiger partial charge in [0.2, 0.25) is 0 Å². The van der Waals surface area contributed by atoms with E-state index in [-0.39, 0.29) is 0 Å². The van der Waals surface area contributed by atoms with Crippen LogP contribution >= 0.6 is 0 Å². The molecule has 0 N–H and O–H groups in total. The van der Waals surface area contributed by atoms with Gasteiger partial charge in [0.1, 0.15) is 0 Å². The maximum Gasteiger partial charge on any atom is 0.190 e. The third-order valence-corrected chi connectivity index (χ3v) is 11.5. The van der Waals surface area contributed by atoms with Crippen LogP contribution in [0, 0.1) is 5.41 Å². The summed E-state index contributed by atoms with van der Waals surface area (Å²) in [5.74, 6) is 0. The highest BCUT2D eigenvalue weighted by Gasteiger charge is 2.40. The fourth-order valence-corrected chi connectivity index (χ4v) is 8.24. The lowest BCUT2D eigenvalue weighted by atomic mass is 9.79. The van der Waals surface area contributed by atoms with Gasteiger partial charge in [-0.25, -0.2) is 0 Å². The summed E-state index contributed by atoms with van der Waals surface area (Å²) in [6.07, 6.45) is 3.94. The summed E-state index contributed by atoms with van der Waals surface area (Å²) >= 11 is 0. The second-order valence-electron chi connectivity index (χ2n) is 9.24. The molecule has 0 aromatic rings. The van der Waals surface area contributed by atoms with E-state index in [2.05, 4.69) is 76.6 Å². The van der Waals surface area contributed by atoms with Crippen LogP contribution in [0.25, 0.3) is 0 Å². The van der Waals surface area contributed by atoms with Crippen molar-refractivity contribution >= 4 is 8.32 Å². The minimum absolute atomic E-state index is 0.389. The summed E-state index contributed by atoms with van der Waals surface area (Å²) in [7, 11) is -1.69. The van der Waals surface area contributed by atoms with E-state index in [0.29, 0.717) is 5.41 Å². The average Bonchev–Trinajstić information content (AvgIpc) is 2.76. The molecule has 0 saturated heterocycles. The van der Waals surface area contributed by atoms with Crippen LogP contribution in [0.15, 0.2) is 0 Å². The summed E-state index contributed by atoms with van der Waals surface area (Å²) in [5.41, 5.74) is 0.389. The molecule has 0 bridgehead atoms. The SMILES string of the molecule is CCO[Si](C)(CC)CC(CCN(CC)CC)(CCN(CC)CC)CCN(CC)CC. The van der Waals surface area contributed by atoms with Gasteiger partial charge in [0.25, 0.3) is 0 Å². The highest BCUT2D eigenvalue weighted by atomic mass is 28.4. The Balaban J connectivity index is 5.79. The molecule has 0 aromatic heterocycles. The van der Waals surface area contributed by atoms with Gasteiger partial charge in [-0.1, -0.05) is 48.5 Å². The normalized spacial score (nSPS) is 14.8. The number of rotatable bonds is 20. The lowest BCUT2D eigenvalue weighted by Gasteiger charge is -2.43. The zero-order valence-electron chi connectivity index (χ0n) is 22.4. The van der Waals surface area contributed by atoms with Crippen molar-refractivity contribution in [3.8, 4) is 0 Å². The second kappa shape index (κ2) is 16.7. The highest BCUT2D eigenvalue weighted by Crippen LogP contribution is 2.42. The molecule has 0 radical (unpaired) electrons. The Labute approximate surface area is 191 Å². The maximum atomic E-state index is 6.51. The van der Waals surface area contributed by atoms with E-state index in [1.54, 1.807) is 0 Å². The summed E-state index contributed by atoms with van der Waals surface area (Å²) in [6.45, 7) is 32.4. The van der Waals surface area contributed by atoms with Crippen molar-refractivity contribution in [3.63, 3.8) is 0 Å². The van der Waals surface area contributed by atoms with Crippen molar-refractivity contribution in [2.45, 2.75) is 93.3 Å². The first kappa shape index (κ1) is 30.1. The molecule has 4 nitrogen and oxygen atoms in total. The first-order valence-electron chi connectivity index (χ1n) is 13.1. The van der Waals surface area contributed by atoms with Crippen LogP contribution < -0.4 is 0 Å². The topological polar surface area (TPSA) is 19.0 Å². The number of hydrogen-bond acceptors (Lipinski definition) is 4. The smallest absolute Gasteiger partial charge is 0.190 e. The van der Waals surface area contributed by atoms with Gasteiger partial charge in [0, 0.05) is 6.61 Å². The molecule has 0 aromatic carbocycles. The number of nitrogens with zero attached hydrogens (tertiary/aromatic N) is 3. The molecule has 0 aliphatic rings. The van der Waals surface area contributed by atoms with E-state index in [1.807, 2.05) is 0 Å². The van der Waals surface area contributed by atoms with Crippen molar-refractivity contribution in [1.82, 2.24) is 14.7 Å². The molecule has 0 aliphatic heterocycles. The Morgan fingerprint density at radius 1 is 0.600 bits per heavy atom. The molecule has 0 rings (SSSR count). The monoisotopic (exact) mass is 443 g/mol. The molecular formula is C25H57N3OSi. The summed E-state index contributed by atoms with van der Waals surface area (Å²) in [5, 5.41) is 0. The van der Waals surface area contributed by atoms with Crippen molar-refractivity contribution in [2.75, 3.05) is 65.5 Å². The quantitative estimate of drug-likeness (QED) is 0.221. The van der Waals surface area contributed by atoms with Crippen molar-refractivity contribution < 1.29 is 4.43 Å². The largest absolute Gasteiger partial charge is 0.417 e. The van der Waals surface area contributed by atoms with Gasteiger partial charge in [0.15, 0.2) is 8.32 Å². The molecule has 1 atom stereocenters. The first-order chi connectivity index (χ1) is 14.3. The van der Waals surface area contributed by atoms with E-state index in [1.165, 1.54) is 51.0 Å². The van der Waals surface area contributed by atoms with Crippen LogP contribution in [-0.2, 0) is 4.43 Å². The molecule has 0 aliphatic carbocycles. The molecule has 0 spiro atoms. The number of hydrogen-bond donors (Lipinski definition) is 0. The van der Waals surface area contributed by atoms with Gasteiger partial charge in [-0.15, -0.1) is 0 Å². The van der Waals surface area contributed by atoms with Crippen molar-refractivity contribution in [2.24, 2.45) is 5.41 Å². The van der Waals surface area contributed by atoms with Crippen molar-refractivity contribution in [1.29, 1.82) is 0 Å². The summed E-state index contributed by atoms with van der Waals surface area (Å²) in [4.78, 5) is 7.86. The predicted octanol–water partition coefficient (Wildman–Crippen LogP) is 5.80. The van der Waals surface area contributed by atoms with Gasteiger partial charge in [0.05, 0.1) is 0 Å². The predicted molar refractivity (Wildman–Crippen MR) is 138 cm³/mol. The van der Waals surface area contributed by atoms with E-state index >= 15 is 0 Å². The van der Waals surface area contributed by atoms with E-state index in [9.17, 15) is 0 Å². The van der Waals surface area contributed by atoms with Crippen LogP contribution in [-0.4, -0.2) is 88.5 Å². The molecular weight excluding hydrogens is 386 g/mol. The lowest BCUT2D eigenvalue weighted by Crippen LogP contribution is -2.45. The molecule has 30 heavy (non-hydrogen) atoms. The lowest BCUT2D eigenvalue weighted by molar-refractivity contribution is 0.137. The Morgan fingerprint density at radius 2 is 0.933 bits per heavy atom. The summed E-state index contributed by atoms with van der Waals surface area (Å²) < 4.78 is 6.51. The standard InChI is InChI=1S/C25H57N3OSi/c1-10-26(11-2)21-18-25(19-22-27(12-3)13-4,20-23-28(14-5)15-6)24-30(9,17-8)29-16-7/h10-24H2,1-9H3. The van der Waals surface area contributed by atoms with Crippen LogP contribution in [0.1, 0.15) is 74.7 Å². The molecule has 182 valence electrons. The first-order valence-corrected chi connectivity index (χ1v) is 15.9. The highest BCUT2D eigenvalue weighted by molar-refractivity contribution is 6.72. The van der Waals surface area contributed by atoms with Crippen LogP contribution in [0.4, 0.5) is 0 Å². The Kier molecular flexibility index (Phi) is 16.7. The Hall–Kier alpha value is 0.0569. The van der Waals surface area contributed by atoms with E-state index < -0.39 is 8.32 Å². The third kappa shape index (κ3) is 11.1. The minimum atomic E-state index is -1.69. The van der Waals surface area contributed by atoms with E-state index in [4.69, 9.17) is 4.43 Å². The second-order valence-corrected chi connectivity index (χ2v) is 13.5. The van der Waals surface area contributed by atoms with Crippen LogP contribution in [0.3, 0.4) is 0 Å². The van der Waals surface area contributed by atoms with Crippen LogP contribution in [0.5, 0.6) is 0 Å². The molecule has 0 fully saturated rings. The van der Waals surface area contributed by atoms with Gasteiger partial charge in [-0.2, -0.15) is 0 Å². The molecule has 1 unspecified atom stereocenters. The molecule has 0 saturated carbocycles. The minimum Gasteiger partial charge on any atom is -0.417 e. The van der Waals surface area contributed by atoms with Crippen LogP contribution in [0.2, 0.25) is 18.6 Å². The Morgan fingerprint density at radius 3 is 1.17 bits per heavy atom. The average molecular weight is 444 g/mol. The van der Waals surface area contributed by atoms with Gasteiger partial charge in [-0.3, -0.25) is 0 Å². The molecule has 0 heterocycles. The fraction of sp³-hybridized carbons (Fsp3) is 1.00.